The molecule has 0 bridgehead atoms. The van der Waals surface area contributed by atoms with Crippen LogP contribution < -0.4 is 5.32 Å². The van der Waals surface area contributed by atoms with Gasteiger partial charge in [-0.1, -0.05) is 19.1 Å². The molecule has 0 radical (unpaired) electrons. The van der Waals surface area contributed by atoms with Crippen LogP contribution in [0.3, 0.4) is 0 Å². The number of hydrogen-bond acceptors (Lipinski definition) is 3. The third-order valence-electron chi connectivity index (χ3n) is 3.11. The number of carbonyl (C=O) groups excluding carboxylic acids is 1. The number of thioether (sulfide) groups is 1. The Labute approximate surface area is 135 Å². The van der Waals surface area contributed by atoms with Crippen molar-refractivity contribution in [3.63, 3.8) is 0 Å². The minimum Gasteiger partial charge on any atom is -0.322 e. The number of pyridine rings is 1. The van der Waals surface area contributed by atoms with Gasteiger partial charge >= 0.3 is 0 Å². The molecule has 0 saturated carbocycles. The Morgan fingerprint density at radius 1 is 1.27 bits per heavy atom. The fourth-order valence-electron chi connectivity index (χ4n) is 1.91. The lowest BCUT2D eigenvalue weighted by Crippen LogP contribution is -2.12. The van der Waals surface area contributed by atoms with Crippen LogP contribution in [0.5, 0.6) is 0 Å². The maximum atomic E-state index is 11.9. The molecule has 0 spiro atoms. The van der Waals surface area contributed by atoms with Gasteiger partial charge in [0.05, 0.1) is 0 Å². The Bertz CT molecular complexity index is 636. The number of aromatic nitrogens is 1. The van der Waals surface area contributed by atoms with Crippen molar-refractivity contribution >= 4 is 23.4 Å². The van der Waals surface area contributed by atoms with E-state index in [0.717, 1.165) is 23.4 Å². The fraction of sp³-hybridized carbons (Fsp3) is 0.222. The number of hydrogen-bond donors (Lipinski definition) is 1. The highest BCUT2D eigenvalue weighted by Crippen LogP contribution is 2.24. The van der Waals surface area contributed by atoms with Gasteiger partial charge in [0.15, 0.2) is 0 Å². The summed E-state index contributed by atoms with van der Waals surface area (Å²) in [7, 11) is 0. The van der Waals surface area contributed by atoms with Crippen molar-refractivity contribution in [3.05, 3.63) is 66.0 Å². The van der Waals surface area contributed by atoms with Gasteiger partial charge in [0.1, 0.15) is 0 Å². The number of amides is 1. The van der Waals surface area contributed by atoms with E-state index in [2.05, 4.69) is 16.4 Å². The van der Waals surface area contributed by atoms with E-state index in [1.54, 1.807) is 18.0 Å². The number of benzene rings is 1. The lowest BCUT2D eigenvalue weighted by atomic mass is 10.2. The summed E-state index contributed by atoms with van der Waals surface area (Å²) in [5, 5.41) is 2.90. The fourth-order valence-corrected chi connectivity index (χ4v) is 2.75. The van der Waals surface area contributed by atoms with Crippen LogP contribution in [0.25, 0.3) is 0 Å². The van der Waals surface area contributed by atoms with E-state index < -0.39 is 0 Å². The SMILES string of the molecule is CC/C=C(\C)C(=O)Nc1ccc(SCc2cccnc2)cc1. The van der Waals surface area contributed by atoms with Crippen LogP contribution in [0.4, 0.5) is 5.69 Å². The van der Waals surface area contributed by atoms with E-state index in [4.69, 9.17) is 0 Å². The van der Waals surface area contributed by atoms with Crippen molar-refractivity contribution in [2.45, 2.75) is 30.9 Å². The number of rotatable bonds is 6. The van der Waals surface area contributed by atoms with E-state index in [1.807, 2.05) is 56.5 Å². The number of allylic oxidation sites excluding steroid dienone is 1. The molecule has 0 aliphatic carbocycles. The lowest BCUT2D eigenvalue weighted by molar-refractivity contribution is -0.112. The molecule has 1 aromatic carbocycles. The molecule has 114 valence electrons. The zero-order chi connectivity index (χ0) is 15.8. The molecular formula is C18H20N2OS. The first-order chi connectivity index (χ1) is 10.7. The molecule has 1 heterocycles. The second-order valence-corrected chi connectivity index (χ2v) is 5.97. The standard InChI is InChI=1S/C18H20N2OS/c1-3-5-14(2)18(21)20-16-7-9-17(10-8-16)22-13-15-6-4-11-19-12-15/h4-12H,3,13H2,1-2H3,(H,20,21)/b14-5+. The normalized spacial score (nSPS) is 11.3. The van der Waals surface area contributed by atoms with Gasteiger partial charge in [-0.3, -0.25) is 9.78 Å². The largest absolute Gasteiger partial charge is 0.322 e. The van der Waals surface area contributed by atoms with Crippen molar-refractivity contribution < 1.29 is 4.79 Å². The summed E-state index contributed by atoms with van der Waals surface area (Å²) in [6, 6.07) is 11.9. The van der Waals surface area contributed by atoms with E-state index in [-0.39, 0.29) is 5.91 Å². The Balaban J connectivity index is 1.90. The molecule has 2 rings (SSSR count). The zero-order valence-corrected chi connectivity index (χ0v) is 13.7. The van der Waals surface area contributed by atoms with Gasteiger partial charge in [0.25, 0.3) is 5.91 Å². The van der Waals surface area contributed by atoms with Gasteiger partial charge in [0, 0.05) is 34.3 Å². The smallest absolute Gasteiger partial charge is 0.250 e. The van der Waals surface area contributed by atoms with Gasteiger partial charge < -0.3 is 5.32 Å². The third-order valence-corrected chi connectivity index (χ3v) is 4.19. The summed E-state index contributed by atoms with van der Waals surface area (Å²) in [6.07, 6.45) is 6.45. The molecular weight excluding hydrogens is 292 g/mol. The molecule has 0 fully saturated rings. The highest BCUT2D eigenvalue weighted by Gasteiger charge is 2.04. The van der Waals surface area contributed by atoms with Crippen molar-refractivity contribution in [2.75, 3.05) is 5.32 Å². The number of carbonyl (C=O) groups is 1. The Morgan fingerprint density at radius 3 is 2.68 bits per heavy atom. The van der Waals surface area contributed by atoms with Gasteiger partial charge in [-0.05, 0) is 49.2 Å². The van der Waals surface area contributed by atoms with Gasteiger partial charge in [-0.15, -0.1) is 11.8 Å². The summed E-state index contributed by atoms with van der Waals surface area (Å²) >= 11 is 1.75. The van der Waals surface area contributed by atoms with Crippen LogP contribution in [0.15, 0.2) is 65.3 Å². The summed E-state index contributed by atoms with van der Waals surface area (Å²) < 4.78 is 0. The van der Waals surface area contributed by atoms with Crippen LogP contribution in [0, 0.1) is 0 Å². The maximum Gasteiger partial charge on any atom is 0.250 e. The monoisotopic (exact) mass is 312 g/mol. The molecule has 0 unspecified atom stereocenters. The van der Waals surface area contributed by atoms with Crippen molar-refractivity contribution in [1.82, 2.24) is 4.98 Å². The lowest BCUT2D eigenvalue weighted by Gasteiger charge is -2.07. The molecule has 0 aliphatic heterocycles. The van der Waals surface area contributed by atoms with E-state index in [1.165, 1.54) is 10.5 Å². The van der Waals surface area contributed by atoms with E-state index >= 15 is 0 Å². The quantitative estimate of drug-likeness (QED) is 0.622. The Kier molecular flexibility index (Phi) is 6.22. The molecule has 0 aliphatic rings. The van der Waals surface area contributed by atoms with Crippen LogP contribution >= 0.6 is 11.8 Å². The third kappa shape index (κ3) is 5.04. The van der Waals surface area contributed by atoms with Crippen LogP contribution in [-0.4, -0.2) is 10.9 Å². The minimum atomic E-state index is -0.0439. The van der Waals surface area contributed by atoms with E-state index in [9.17, 15) is 4.79 Å². The van der Waals surface area contributed by atoms with Gasteiger partial charge in [-0.2, -0.15) is 0 Å². The summed E-state index contributed by atoms with van der Waals surface area (Å²) in [5.41, 5.74) is 2.77. The first-order valence-electron chi connectivity index (χ1n) is 7.29. The average Bonchev–Trinajstić information content (AvgIpc) is 2.55. The van der Waals surface area contributed by atoms with Crippen molar-refractivity contribution in [3.8, 4) is 0 Å². The predicted molar refractivity (Wildman–Crippen MR) is 92.9 cm³/mol. The highest BCUT2D eigenvalue weighted by atomic mass is 32.2. The molecule has 0 atom stereocenters. The highest BCUT2D eigenvalue weighted by molar-refractivity contribution is 7.98. The molecule has 2 aromatic rings. The van der Waals surface area contributed by atoms with Gasteiger partial charge in [-0.25, -0.2) is 0 Å². The Hall–Kier alpha value is -2.07. The molecule has 22 heavy (non-hydrogen) atoms. The maximum absolute atomic E-state index is 11.9. The zero-order valence-electron chi connectivity index (χ0n) is 12.9. The first kappa shape index (κ1) is 16.3. The van der Waals surface area contributed by atoms with Gasteiger partial charge in [0.2, 0.25) is 0 Å². The molecule has 1 aromatic heterocycles. The minimum absolute atomic E-state index is 0.0439. The molecule has 1 amide bonds. The summed E-state index contributed by atoms with van der Waals surface area (Å²) in [5.74, 6) is 0.843. The number of nitrogens with one attached hydrogen (secondary N) is 1. The Morgan fingerprint density at radius 2 is 2.05 bits per heavy atom. The molecule has 4 heteroatoms. The van der Waals surface area contributed by atoms with Crippen molar-refractivity contribution in [2.24, 2.45) is 0 Å². The number of nitrogens with zero attached hydrogens (tertiary/aromatic N) is 1. The first-order valence-corrected chi connectivity index (χ1v) is 8.27. The summed E-state index contributed by atoms with van der Waals surface area (Å²) in [4.78, 5) is 17.2. The molecule has 3 nitrogen and oxygen atoms in total. The second-order valence-electron chi connectivity index (χ2n) is 4.92. The van der Waals surface area contributed by atoms with Crippen molar-refractivity contribution in [1.29, 1.82) is 0 Å². The summed E-state index contributed by atoms with van der Waals surface area (Å²) in [6.45, 7) is 3.85. The molecule has 1 N–H and O–H groups in total. The van der Waals surface area contributed by atoms with E-state index in [0.29, 0.717) is 0 Å². The number of anilines is 1. The predicted octanol–water partition coefficient (Wildman–Crippen LogP) is 4.67. The second kappa shape index (κ2) is 8.39. The van der Waals surface area contributed by atoms with Crippen LogP contribution in [0.2, 0.25) is 0 Å². The van der Waals surface area contributed by atoms with Crippen LogP contribution in [0.1, 0.15) is 25.8 Å². The van der Waals surface area contributed by atoms with Crippen LogP contribution in [-0.2, 0) is 10.5 Å². The topological polar surface area (TPSA) is 42.0 Å². The average molecular weight is 312 g/mol. The molecule has 0 saturated heterocycles.